The molecule has 0 radical (unpaired) electrons. The second-order valence-electron chi connectivity index (χ2n) is 5.50. The first-order valence-corrected chi connectivity index (χ1v) is 7.78. The summed E-state index contributed by atoms with van der Waals surface area (Å²) in [5.41, 5.74) is 3.16. The van der Waals surface area contributed by atoms with E-state index in [1.807, 2.05) is 38.1 Å². The lowest BCUT2D eigenvalue weighted by atomic mass is 10.1. The van der Waals surface area contributed by atoms with Crippen molar-refractivity contribution < 1.29 is 8.83 Å². The number of furan rings is 2. The van der Waals surface area contributed by atoms with E-state index in [0.29, 0.717) is 33.8 Å². The van der Waals surface area contributed by atoms with E-state index < -0.39 is 0 Å². The first-order chi connectivity index (χ1) is 11.5. The Labute approximate surface area is 145 Å². The number of hydrogen-bond acceptors (Lipinski definition) is 4. The molecule has 0 aliphatic heterocycles. The van der Waals surface area contributed by atoms with E-state index in [9.17, 15) is 5.26 Å². The maximum absolute atomic E-state index is 9.19. The molecule has 120 valence electrons. The second kappa shape index (κ2) is 6.38. The minimum Gasteiger partial charge on any atom is -0.455 e. The summed E-state index contributed by atoms with van der Waals surface area (Å²) >= 11 is 6.15. The number of halogens is 1. The summed E-state index contributed by atoms with van der Waals surface area (Å²) in [4.78, 5) is 4.23. The molecule has 0 aliphatic rings. The molecule has 0 saturated carbocycles. The van der Waals surface area contributed by atoms with E-state index in [1.54, 1.807) is 13.0 Å². The molecule has 4 nitrogen and oxygen atoms in total. The number of nitrogens with zero attached hydrogens (tertiary/aromatic N) is 2. The van der Waals surface area contributed by atoms with Crippen molar-refractivity contribution in [3.05, 3.63) is 63.6 Å². The van der Waals surface area contributed by atoms with Gasteiger partial charge in [-0.05, 0) is 44.5 Å². The van der Waals surface area contributed by atoms with Crippen LogP contribution in [0.5, 0.6) is 0 Å². The summed E-state index contributed by atoms with van der Waals surface area (Å²) in [6.07, 6.45) is 1.54. The quantitative estimate of drug-likeness (QED) is 0.572. The SMILES string of the molecule is Cc1ccc(-c2ccc(C=Nc3oc(C)c(C)c3C#N)o2)cc1Cl. The molecular weight excluding hydrogens is 324 g/mol. The highest BCUT2D eigenvalue weighted by molar-refractivity contribution is 6.31. The summed E-state index contributed by atoms with van der Waals surface area (Å²) in [7, 11) is 0. The topological polar surface area (TPSA) is 62.4 Å². The van der Waals surface area contributed by atoms with Crippen LogP contribution in [0.15, 0.2) is 44.2 Å². The van der Waals surface area contributed by atoms with E-state index in [4.69, 9.17) is 20.4 Å². The van der Waals surface area contributed by atoms with Gasteiger partial charge < -0.3 is 8.83 Å². The van der Waals surface area contributed by atoms with E-state index in [2.05, 4.69) is 11.1 Å². The lowest BCUT2D eigenvalue weighted by Crippen LogP contribution is -1.79. The predicted molar refractivity (Wildman–Crippen MR) is 94.0 cm³/mol. The summed E-state index contributed by atoms with van der Waals surface area (Å²) < 4.78 is 11.3. The minimum absolute atomic E-state index is 0.295. The summed E-state index contributed by atoms with van der Waals surface area (Å²) in [5.74, 6) is 2.25. The summed E-state index contributed by atoms with van der Waals surface area (Å²) in [5, 5.41) is 9.88. The lowest BCUT2D eigenvalue weighted by Gasteiger charge is -2.00. The number of hydrogen-bond donors (Lipinski definition) is 0. The number of nitriles is 1. The molecule has 5 heteroatoms. The van der Waals surface area contributed by atoms with Crippen LogP contribution in [0.2, 0.25) is 5.02 Å². The van der Waals surface area contributed by atoms with Crippen LogP contribution in [0, 0.1) is 32.1 Å². The third-order valence-corrected chi connectivity index (χ3v) is 4.28. The lowest BCUT2D eigenvalue weighted by molar-refractivity contribution is 0.540. The van der Waals surface area contributed by atoms with Gasteiger partial charge in [0.05, 0.1) is 6.21 Å². The van der Waals surface area contributed by atoms with E-state index in [1.165, 1.54) is 6.21 Å². The molecule has 0 fully saturated rings. The zero-order chi connectivity index (χ0) is 17.3. The van der Waals surface area contributed by atoms with Gasteiger partial charge in [0.1, 0.15) is 28.9 Å². The van der Waals surface area contributed by atoms with Gasteiger partial charge in [0.25, 0.3) is 0 Å². The molecule has 3 rings (SSSR count). The van der Waals surface area contributed by atoms with Crippen LogP contribution in [0.1, 0.15) is 28.2 Å². The first kappa shape index (κ1) is 16.1. The average Bonchev–Trinajstić information content (AvgIpc) is 3.13. The first-order valence-electron chi connectivity index (χ1n) is 7.40. The van der Waals surface area contributed by atoms with Crippen molar-refractivity contribution in [2.75, 3.05) is 0 Å². The Morgan fingerprint density at radius 3 is 2.62 bits per heavy atom. The molecule has 0 unspecified atom stereocenters. The highest BCUT2D eigenvalue weighted by Gasteiger charge is 2.13. The molecule has 0 saturated heterocycles. The third-order valence-electron chi connectivity index (χ3n) is 3.87. The average molecular weight is 339 g/mol. The zero-order valence-electron chi connectivity index (χ0n) is 13.6. The van der Waals surface area contributed by atoms with Crippen molar-refractivity contribution in [3.63, 3.8) is 0 Å². The van der Waals surface area contributed by atoms with Gasteiger partial charge in [-0.15, -0.1) is 0 Å². The van der Waals surface area contributed by atoms with Gasteiger partial charge >= 0.3 is 0 Å². The van der Waals surface area contributed by atoms with Crippen LogP contribution >= 0.6 is 11.6 Å². The molecule has 2 heterocycles. The van der Waals surface area contributed by atoms with Gasteiger partial charge in [-0.25, -0.2) is 4.99 Å². The molecule has 0 spiro atoms. The third kappa shape index (κ3) is 2.99. The Bertz CT molecular complexity index is 974. The van der Waals surface area contributed by atoms with Crippen LogP contribution in [0.3, 0.4) is 0 Å². The van der Waals surface area contributed by atoms with Crippen molar-refractivity contribution in [1.82, 2.24) is 0 Å². The predicted octanol–water partition coefficient (Wildman–Crippen LogP) is 5.74. The van der Waals surface area contributed by atoms with E-state index >= 15 is 0 Å². The number of aliphatic imine (C=N–C) groups is 1. The normalized spacial score (nSPS) is 11.1. The van der Waals surface area contributed by atoms with Crippen LogP contribution in [0.25, 0.3) is 11.3 Å². The standard InChI is InChI=1S/C19H15ClN2O2/c1-11-4-5-14(8-17(11)20)18-7-6-15(24-18)10-22-19-16(9-21)12(2)13(3)23-19/h4-8,10H,1-3H3. The van der Waals surface area contributed by atoms with Crippen molar-refractivity contribution in [3.8, 4) is 17.4 Å². The number of aryl methyl sites for hydroxylation is 2. The maximum atomic E-state index is 9.19. The number of rotatable bonds is 3. The molecular formula is C19H15ClN2O2. The van der Waals surface area contributed by atoms with Gasteiger partial charge in [-0.2, -0.15) is 5.26 Å². The molecule has 0 aliphatic carbocycles. The Balaban J connectivity index is 1.88. The minimum atomic E-state index is 0.295. The summed E-state index contributed by atoms with van der Waals surface area (Å²) in [6, 6.07) is 11.5. The Morgan fingerprint density at radius 1 is 1.12 bits per heavy atom. The molecule has 0 N–H and O–H groups in total. The molecule has 0 amide bonds. The van der Waals surface area contributed by atoms with Gasteiger partial charge in [-0.1, -0.05) is 23.7 Å². The zero-order valence-corrected chi connectivity index (χ0v) is 14.3. The van der Waals surface area contributed by atoms with Crippen molar-refractivity contribution in [2.45, 2.75) is 20.8 Å². The Morgan fingerprint density at radius 2 is 1.92 bits per heavy atom. The largest absolute Gasteiger partial charge is 0.455 e. The van der Waals surface area contributed by atoms with Crippen LogP contribution in [-0.4, -0.2) is 6.21 Å². The summed E-state index contributed by atoms with van der Waals surface area (Å²) in [6.45, 7) is 5.59. The Kier molecular flexibility index (Phi) is 4.28. The van der Waals surface area contributed by atoms with Crippen LogP contribution in [0.4, 0.5) is 5.88 Å². The molecule has 24 heavy (non-hydrogen) atoms. The van der Waals surface area contributed by atoms with Crippen LogP contribution < -0.4 is 0 Å². The van der Waals surface area contributed by atoms with E-state index in [0.717, 1.165) is 16.7 Å². The fourth-order valence-corrected chi connectivity index (χ4v) is 2.46. The van der Waals surface area contributed by atoms with Gasteiger partial charge in [0, 0.05) is 16.1 Å². The molecule has 0 bridgehead atoms. The van der Waals surface area contributed by atoms with E-state index in [-0.39, 0.29) is 0 Å². The second-order valence-corrected chi connectivity index (χ2v) is 5.91. The molecule has 3 aromatic rings. The van der Waals surface area contributed by atoms with Gasteiger partial charge in [-0.3, -0.25) is 0 Å². The molecule has 0 atom stereocenters. The highest BCUT2D eigenvalue weighted by Crippen LogP contribution is 2.29. The van der Waals surface area contributed by atoms with Gasteiger partial charge in [0.2, 0.25) is 5.88 Å². The monoisotopic (exact) mass is 338 g/mol. The van der Waals surface area contributed by atoms with Crippen molar-refractivity contribution >= 4 is 23.7 Å². The highest BCUT2D eigenvalue weighted by atomic mass is 35.5. The fourth-order valence-electron chi connectivity index (χ4n) is 2.28. The maximum Gasteiger partial charge on any atom is 0.237 e. The molecule has 1 aromatic carbocycles. The van der Waals surface area contributed by atoms with Gasteiger partial charge in [0.15, 0.2) is 0 Å². The van der Waals surface area contributed by atoms with Crippen LogP contribution in [-0.2, 0) is 0 Å². The number of benzene rings is 1. The Hall–Kier alpha value is -2.77. The fraction of sp³-hybridized carbons (Fsp3) is 0.158. The van der Waals surface area contributed by atoms with Crippen molar-refractivity contribution in [1.29, 1.82) is 5.26 Å². The van der Waals surface area contributed by atoms with Crippen molar-refractivity contribution in [2.24, 2.45) is 4.99 Å². The smallest absolute Gasteiger partial charge is 0.237 e. The molecule has 2 aromatic heterocycles.